The summed E-state index contributed by atoms with van der Waals surface area (Å²) < 4.78 is 31.9. The number of ether oxygens (including phenoxy) is 2. The number of benzene rings is 1. The number of ketones is 1. The van der Waals surface area contributed by atoms with Crippen molar-refractivity contribution in [1.29, 1.82) is 0 Å². The number of halogens is 1. The molecule has 0 saturated heterocycles. The molecular formula is C31H45BFNO7. The molecule has 4 aliphatic rings. The van der Waals surface area contributed by atoms with Crippen molar-refractivity contribution in [2.75, 3.05) is 19.7 Å². The van der Waals surface area contributed by atoms with Crippen LogP contribution in [-0.2, 0) is 25.6 Å². The van der Waals surface area contributed by atoms with Crippen molar-refractivity contribution in [3.63, 3.8) is 0 Å². The van der Waals surface area contributed by atoms with Gasteiger partial charge in [0, 0.05) is 35.2 Å². The number of nitrogens with one attached hydrogen (secondary N) is 1. The third-order valence-corrected chi connectivity index (χ3v) is 11.4. The maximum atomic E-state index is 15.0. The van der Waals surface area contributed by atoms with Gasteiger partial charge in [-0.05, 0) is 67.5 Å². The van der Waals surface area contributed by atoms with Gasteiger partial charge in [-0.3, -0.25) is 4.79 Å². The normalized spacial score (nSPS) is 38.2. The molecule has 3 aliphatic carbocycles. The molecule has 0 unspecified atom stereocenters. The molecule has 1 aromatic carbocycles. The fraction of sp³-hybridized carbons (Fsp3) is 0.742. The summed E-state index contributed by atoms with van der Waals surface area (Å²) in [4.78, 5) is 27.0. The van der Waals surface area contributed by atoms with E-state index in [9.17, 15) is 19.7 Å². The van der Waals surface area contributed by atoms with Gasteiger partial charge < -0.3 is 29.6 Å². The molecule has 8 nitrogen and oxygen atoms in total. The monoisotopic (exact) mass is 573 g/mol. The van der Waals surface area contributed by atoms with Crippen LogP contribution in [-0.4, -0.2) is 60.9 Å². The van der Waals surface area contributed by atoms with Crippen molar-refractivity contribution in [2.45, 2.75) is 92.0 Å². The number of aliphatic hydroxyl groups is 1. The second-order valence-electron chi connectivity index (χ2n) is 13.6. The van der Waals surface area contributed by atoms with Gasteiger partial charge in [-0.1, -0.05) is 40.7 Å². The number of Topliss-reactive ketones (excluding diaryl/α,β-unsaturated/α-hetero) is 1. The first-order chi connectivity index (χ1) is 19.4. The minimum Gasteiger partial charge on any atom is -0.479 e. The molecule has 1 heterocycles. The molecule has 41 heavy (non-hydrogen) atoms. The Morgan fingerprint density at radius 1 is 1.27 bits per heavy atom. The molecule has 3 N–H and O–H groups in total. The largest absolute Gasteiger partial charge is 0.494 e. The Labute approximate surface area is 242 Å². The molecule has 3 fully saturated rings. The molecule has 226 valence electrons. The Kier molecular flexibility index (Phi) is 8.35. The lowest BCUT2D eigenvalue weighted by Gasteiger charge is -2.62. The van der Waals surface area contributed by atoms with Crippen LogP contribution in [0, 0.1) is 39.8 Å². The average Bonchev–Trinajstić information content (AvgIpc) is 3.50. The van der Waals surface area contributed by atoms with E-state index in [2.05, 4.69) is 39.9 Å². The first-order valence-corrected chi connectivity index (χ1v) is 15.2. The Balaban J connectivity index is 1.45. The van der Waals surface area contributed by atoms with Gasteiger partial charge in [-0.15, -0.1) is 0 Å². The van der Waals surface area contributed by atoms with E-state index in [-0.39, 0.29) is 46.8 Å². The maximum absolute atomic E-state index is 15.0. The highest BCUT2D eigenvalue weighted by Gasteiger charge is 2.68. The van der Waals surface area contributed by atoms with Crippen molar-refractivity contribution >= 4 is 24.3 Å². The molecule has 5 rings (SSSR count). The molecule has 3 saturated carbocycles. The molecule has 0 amide bonds. The van der Waals surface area contributed by atoms with Crippen LogP contribution in [0.5, 0.6) is 5.75 Å². The summed E-state index contributed by atoms with van der Waals surface area (Å²) in [5, 5.41) is 25.4. The molecule has 0 radical (unpaired) electrons. The van der Waals surface area contributed by atoms with Crippen LogP contribution in [0.2, 0.25) is 0 Å². The number of carbonyl (C=O) groups is 2. The SMILES string of the molecule is CCCNC[C@]1(C)C[C@@H](OC(=O)COc2ccc3c(c2F)B(O)OC3)[C@@]2(C)[C@@H]3C(=O)CC[C@@]3(CC[C@@H]2C)[C@@H](C)[C@@H]1O. The van der Waals surface area contributed by atoms with Gasteiger partial charge in [0.05, 0.1) is 12.7 Å². The van der Waals surface area contributed by atoms with E-state index in [1.807, 2.05) is 0 Å². The quantitative estimate of drug-likeness (QED) is 0.247. The first-order valence-electron chi connectivity index (χ1n) is 15.2. The van der Waals surface area contributed by atoms with Crippen molar-refractivity contribution in [3.8, 4) is 5.75 Å². The van der Waals surface area contributed by atoms with Gasteiger partial charge in [0.25, 0.3) is 0 Å². The minimum absolute atomic E-state index is 0.0222. The Hall–Kier alpha value is -2.01. The summed E-state index contributed by atoms with van der Waals surface area (Å²) >= 11 is 0. The number of hydrogen-bond acceptors (Lipinski definition) is 8. The highest BCUT2D eigenvalue weighted by atomic mass is 19.1. The van der Waals surface area contributed by atoms with Crippen LogP contribution in [0.15, 0.2) is 12.1 Å². The van der Waals surface area contributed by atoms with Gasteiger partial charge in [0.1, 0.15) is 11.9 Å². The summed E-state index contributed by atoms with van der Waals surface area (Å²) in [6, 6.07) is 3.03. The summed E-state index contributed by atoms with van der Waals surface area (Å²) in [5.74, 6) is -1.66. The van der Waals surface area contributed by atoms with Gasteiger partial charge in [-0.2, -0.15) is 0 Å². The zero-order chi connectivity index (χ0) is 29.7. The van der Waals surface area contributed by atoms with Crippen LogP contribution in [0.1, 0.15) is 78.7 Å². The smallest absolute Gasteiger partial charge is 0.479 e. The van der Waals surface area contributed by atoms with E-state index in [1.54, 1.807) is 6.07 Å². The average molecular weight is 574 g/mol. The van der Waals surface area contributed by atoms with Crippen molar-refractivity contribution in [1.82, 2.24) is 5.32 Å². The van der Waals surface area contributed by atoms with E-state index in [4.69, 9.17) is 14.1 Å². The second-order valence-corrected chi connectivity index (χ2v) is 13.6. The van der Waals surface area contributed by atoms with E-state index in [1.165, 1.54) is 6.07 Å². The lowest BCUT2D eigenvalue weighted by molar-refractivity contribution is -0.212. The van der Waals surface area contributed by atoms with Gasteiger partial charge in [0.2, 0.25) is 0 Å². The number of esters is 1. The van der Waals surface area contributed by atoms with E-state index in [0.29, 0.717) is 24.9 Å². The number of hydrogen-bond donors (Lipinski definition) is 3. The Bertz CT molecular complexity index is 1180. The number of fused-ring (bicyclic) bond motifs is 1. The molecule has 10 heteroatoms. The minimum atomic E-state index is -1.37. The summed E-state index contributed by atoms with van der Waals surface area (Å²) in [7, 11) is -1.37. The molecule has 2 bridgehead atoms. The fourth-order valence-electron chi connectivity index (χ4n) is 8.78. The van der Waals surface area contributed by atoms with Crippen LogP contribution >= 0.6 is 0 Å². The Morgan fingerprint density at radius 2 is 2.02 bits per heavy atom. The molecular weight excluding hydrogens is 528 g/mol. The third kappa shape index (κ3) is 4.92. The Morgan fingerprint density at radius 3 is 2.76 bits per heavy atom. The van der Waals surface area contributed by atoms with Crippen LogP contribution in [0.3, 0.4) is 0 Å². The first kappa shape index (κ1) is 30.5. The van der Waals surface area contributed by atoms with Gasteiger partial charge in [-0.25, -0.2) is 9.18 Å². The van der Waals surface area contributed by atoms with E-state index in [0.717, 1.165) is 32.2 Å². The lowest BCUT2D eigenvalue weighted by atomic mass is 9.44. The number of rotatable bonds is 8. The molecule has 8 atom stereocenters. The predicted octanol–water partition coefficient (Wildman–Crippen LogP) is 3.14. The van der Waals surface area contributed by atoms with E-state index < -0.39 is 48.5 Å². The highest BCUT2D eigenvalue weighted by Crippen LogP contribution is 2.67. The molecule has 0 aromatic heterocycles. The zero-order valence-corrected chi connectivity index (χ0v) is 25.0. The number of aliphatic hydroxyl groups excluding tert-OH is 1. The van der Waals surface area contributed by atoms with Crippen molar-refractivity contribution in [3.05, 3.63) is 23.5 Å². The maximum Gasteiger partial charge on any atom is 0.494 e. The summed E-state index contributed by atoms with van der Waals surface area (Å²) in [6.07, 6.45) is 2.98. The van der Waals surface area contributed by atoms with Gasteiger partial charge in [0.15, 0.2) is 18.2 Å². The van der Waals surface area contributed by atoms with Crippen LogP contribution in [0.4, 0.5) is 4.39 Å². The van der Waals surface area contributed by atoms with Crippen LogP contribution < -0.4 is 15.5 Å². The molecule has 0 spiro atoms. The highest BCUT2D eigenvalue weighted by molar-refractivity contribution is 6.61. The van der Waals surface area contributed by atoms with Crippen molar-refractivity contribution in [2.24, 2.45) is 34.0 Å². The van der Waals surface area contributed by atoms with Crippen LogP contribution in [0.25, 0.3) is 0 Å². The van der Waals surface area contributed by atoms with Crippen molar-refractivity contribution < 1.29 is 38.2 Å². The fourth-order valence-corrected chi connectivity index (χ4v) is 8.78. The van der Waals surface area contributed by atoms with Gasteiger partial charge >= 0.3 is 13.1 Å². The van der Waals surface area contributed by atoms with E-state index >= 15 is 4.39 Å². The summed E-state index contributed by atoms with van der Waals surface area (Å²) in [5.41, 5.74) is -1.02. The standard InChI is InChI=1S/C31H45BFNO7/c1-6-13-34-17-29(4)14-23(41-24(36)16-39-22-8-7-20-15-40-32(38)25(20)26(22)33)30(5)18(2)9-11-31(19(3)28(29)37)12-10-21(35)27(30)31/h7-8,18-19,23,27-28,34,37-38H,6,9-17H2,1-5H3/t18-,19-,23+,27-,28-,29-,30-,31-/m0/s1. The molecule has 1 aromatic rings. The lowest BCUT2D eigenvalue weighted by Crippen LogP contribution is -2.64. The summed E-state index contributed by atoms with van der Waals surface area (Å²) in [6.45, 7) is 11.4. The number of carbonyl (C=O) groups excluding carboxylic acids is 2. The topological polar surface area (TPSA) is 114 Å². The zero-order valence-electron chi connectivity index (χ0n) is 25.0. The second kappa shape index (κ2) is 11.2. The third-order valence-electron chi connectivity index (χ3n) is 11.4. The molecule has 1 aliphatic heterocycles. The predicted molar refractivity (Wildman–Crippen MR) is 152 cm³/mol.